The van der Waals surface area contributed by atoms with Crippen molar-refractivity contribution in [2.24, 2.45) is 23.2 Å². The van der Waals surface area contributed by atoms with E-state index in [0.717, 1.165) is 17.8 Å². The van der Waals surface area contributed by atoms with Gasteiger partial charge in [0.25, 0.3) is 0 Å². The van der Waals surface area contributed by atoms with Crippen LogP contribution < -0.4 is 0 Å². The molecule has 0 aromatic heterocycles. The number of unbranched alkanes of at least 4 members (excludes halogenated alkanes) is 2. The summed E-state index contributed by atoms with van der Waals surface area (Å²) in [6.45, 7) is 4.59. The van der Waals surface area contributed by atoms with Gasteiger partial charge in [0.05, 0.1) is 11.5 Å². The highest BCUT2D eigenvalue weighted by Crippen LogP contribution is 2.48. The molecule has 0 aromatic carbocycles. The van der Waals surface area contributed by atoms with Crippen molar-refractivity contribution in [3.63, 3.8) is 0 Å². The molecule has 0 aliphatic heterocycles. The predicted octanol–water partition coefficient (Wildman–Crippen LogP) is 6.87. The van der Waals surface area contributed by atoms with Gasteiger partial charge in [-0.1, -0.05) is 71.6 Å². The summed E-state index contributed by atoms with van der Waals surface area (Å²) in [7, 11) is 0. The molecule has 1 nitrogen and oxygen atoms in total. The molecule has 0 saturated heterocycles. The summed E-state index contributed by atoms with van der Waals surface area (Å²) >= 11 is 0. The first kappa shape index (κ1) is 17.8. The second-order valence-corrected chi connectivity index (χ2v) is 8.28. The quantitative estimate of drug-likeness (QED) is 0.470. The van der Waals surface area contributed by atoms with E-state index in [2.05, 4.69) is 19.9 Å². The minimum absolute atomic E-state index is 0.0400. The van der Waals surface area contributed by atoms with Gasteiger partial charge < -0.3 is 0 Å². The average molecular weight is 304 g/mol. The maximum absolute atomic E-state index is 9.82. The first-order valence-corrected chi connectivity index (χ1v) is 10.1. The molecule has 0 aromatic rings. The molecular formula is C21H37N. The molecule has 0 unspecified atom stereocenters. The Balaban J connectivity index is 1.86. The van der Waals surface area contributed by atoms with Gasteiger partial charge in [0, 0.05) is 0 Å². The summed E-state index contributed by atoms with van der Waals surface area (Å²) in [5.74, 6) is 2.81. The van der Waals surface area contributed by atoms with Gasteiger partial charge in [-0.25, -0.2) is 0 Å². The molecule has 22 heavy (non-hydrogen) atoms. The Morgan fingerprint density at radius 1 is 0.955 bits per heavy atom. The molecule has 2 atom stereocenters. The molecule has 2 aliphatic carbocycles. The van der Waals surface area contributed by atoms with Crippen LogP contribution in [-0.4, -0.2) is 0 Å². The van der Waals surface area contributed by atoms with E-state index in [1.807, 2.05) is 0 Å². The van der Waals surface area contributed by atoms with E-state index in [-0.39, 0.29) is 5.41 Å². The fraction of sp³-hybridized carbons (Fsp3) is 0.952. The lowest BCUT2D eigenvalue weighted by atomic mass is 9.62. The molecule has 0 heterocycles. The van der Waals surface area contributed by atoms with Gasteiger partial charge in [-0.15, -0.1) is 0 Å². The van der Waals surface area contributed by atoms with E-state index in [0.29, 0.717) is 0 Å². The van der Waals surface area contributed by atoms with Gasteiger partial charge in [-0.3, -0.25) is 0 Å². The highest BCUT2D eigenvalue weighted by Gasteiger charge is 2.39. The summed E-state index contributed by atoms with van der Waals surface area (Å²) in [5.41, 5.74) is 0.0400. The van der Waals surface area contributed by atoms with E-state index in [1.54, 1.807) is 0 Å². The molecule has 2 rings (SSSR count). The smallest absolute Gasteiger partial charge is 0.0689 e. The van der Waals surface area contributed by atoms with Crippen molar-refractivity contribution in [2.45, 2.75) is 104 Å². The molecule has 126 valence electrons. The Kier molecular flexibility index (Phi) is 7.26. The van der Waals surface area contributed by atoms with Gasteiger partial charge in [0.15, 0.2) is 0 Å². The van der Waals surface area contributed by atoms with Crippen molar-refractivity contribution in [3.8, 4) is 6.07 Å². The van der Waals surface area contributed by atoms with E-state index in [4.69, 9.17) is 0 Å². The van der Waals surface area contributed by atoms with Gasteiger partial charge in [0.2, 0.25) is 0 Å². The number of hydrogen-bond acceptors (Lipinski definition) is 1. The second kappa shape index (κ2) is 8.95. The molecule has 2 saturated carbocycles. The summed E-state index contributed by atoms with van der Waals surface area (Å²) in [5, 5.41) is 9.82. The van der Waals surface area contributed by atoms with Crippen molar-refractivity contribution in [2.75, 3.05) is 0 Å². The van der Waals surface area contributed by atoms with Crippen LogP contribution in [0.5, 0.6) is 0 Å². The Hall–Kier alpha value is -0.510. The molecule has 0 spiro atoms. The first-order valence-electron chi connectivity index (χ1n) is 10.1. The van der Waals surface area contributed by atoms with E-state index in [9.17, 15) is 5.26 Å². The summed E-state index contributed by atoms with van der Waals surface area (Å²) < 4.78 is 0. The zero-order valence-electron chi connectivity index (χ0n) is 15.1. The Morgan fingerprint density at radius 2 is 1.73 bits per heavy atom. The largest absolute Gasteiger partial charge is 0.198 e. The monoisotopic (exact) mass is 303 g/mol. The average Bonchev–Trinajstić information content (AvgIpc) is 2.56. The third-order valence-corrected chi connectivity index (χ3v) is 6.63. The topological polar surface area (TPSA) is 23.8 Å². The summed E-state index contributed by atoms with van der Waals surface area (Å²) in [6.07, 6.45) is 18.7. The molecule has 0 N–H and O–H groups in total. The zero-order valence-corrected chi connectivity index (χ0v) is 15.1. The van der Waals surface area contributed by atoms with E-state index in [1.165, 1.54) is 89.9 Å². The van der Waals surface area contributed by atoms with Crippen LogP contribution in [0.4, 0.5) is 0 Å². The number of nitriles is 1. The number of nitrogens with zero attached hydrogens (tertiary/aromatic N) is 1. The van der Waals surface area contributed by atoms with Gasteiger partial charge >= 0.3 is 0 Å². The summed E-state index contributed by atoms with van der Waals surface area (Å²) in [4.78, 5) is 0. The zero-order chi connectivity index (χ0) is 15.8. The molecule has 0 bridgehead atoms. The molecule has 0 amide bonds. The lowest BCUT2D eigenvalue weighted by Gasteiger charge is -2.42. The van der Waals surface area contributed by atoms with Crippen LogP contribution in [0.2, 0.25) is 0 Å². The van der Waals surface area contributed by atoms with E-state index < -0.39 is 0 Å². The van der Waals surface area contributed by atoms with Crippen LogP contribution >= 0.6 is 0 Å². The number of hydrogen-bond donors (Lipinski definition) is 0. The summed E-state index contributed by atoms with van der Waals surface area (Å²) in [6, 6.07) is 2.77. The Labute approximate surface area is 138 Å². The highest BCUT2D eigenvalue weighted by molar-refractivity contribution is 5.03. The SMILES string of the molecule is CCCCC[C@]1(C#N)CCC[C@@H](C2CCC(CCC)CC2)C1. The van der Waals surface area contributed by atoms with Crippen LogP contribution in [0.3, 0.4) is 0 Å². The Morgan fingerprint density at radius 3 is 2.36 bits per heavy atom. The lowest BCUT2D eigenvalue weighted by molar-refractivity contribution is 0.103. The van der Waals surface area contributed by atoms with Crippen LogP contribution in [0.15, 0.2) is 0 Å². The fourth-order valence-electron chi connectivity index (χ4n) is 5.27. The van der Waals surface area contributed by atoms with Crippen molar-refractivity contribution < 1.29 is 0 Å². The Bertz CT molecular complexity index is 347. The molecule has 2 fully saturated rings. The number of rotatable bonds is 7. The van der Waals surface area contributed by atoms with Crippen molar-refractivity contribution in [1.29, 1.82) is 5.26 Å². The highest BCUT2D eigenvalue weighted by atomic mass is 14.5. The van der Waals surface area contributed by atoms with Crippen molar-refractivity contribution in [1.82, 2.24) is 0 Å². The second-order valence-electron chi connectivity index (χ2n) is 8.28. The predicted molar refractivity (Wildman–Crippen MR) is 94.5 cm³/mol. The normalized spacial score (nSPS) is 36.0. The van der Waals surface area contributed by atoms with Crippen LogP contribution in [0.25, 0.3) is 0 Å². The minimum atomic E-state index is 0.0400. The van der Waals surface area contributed by atoms with Crippen LogP contribution in [0.1, 0.15) is 104 Å². The lowest BCUT2D eigenvalue weighted by Crippen LogP contribution is -2.32. The molecule has 0 radical (unpaired) electrons. The minimum Gasteiger partial charge on any atom is -0.198 e. The van der Waals surface area contributed by atoms with Gasteiger partial charge in [0.1, 0.15) is 0 Å². The van der Waals surface area contributed by atoms with Crippen LogP contribution in [-0.2, 0) is 0 Å². The fourth-order valence-corrected chi connectivity index (χ4v) is 5.27. The molecule has 2 aliphatic rings. The van der Waals surface area contributed by atoms with Crippen molar-refractivity contribution >= 4 is 0 Å². The third-order valence-electron chi connectivity index (χ3n) is 6.63. The van der Waals surface area contributed by atoms with Crippen molar-refractivity contribution in [3.05, 3.63) is 0 Å². The third kappa shape index (κ3) is 4.74. The maximum Gasteiger partial charge on any atom is 0.0689 e. The molecular weight excluding hydrogens is 266 g/mol. The first-order chi connectivity index (χ1) is 10.7. The molecule has 1 heteroatoms. The van der Waals surface area contributed by atoms with Gasteiger partial charge in [-0.05, 0) is 49.9 Å². The van der Waals surface area contributed by atoms with Crippen LogP contribution in [0, 0.1) is 34.5 Å². The van der Waals surface area contributed by atoms with Gasteiger partial charge in [-0.2, -0.15) is 5.26 Å². The standard InChI is InChI=1S/C21H37N/c1-3-5-6-14-21(17-22)15-7-9-20(16-21)19-12-10-18(8-4-2)11-13-19/h18-20H,3-16H2,1-2H3/t18?,19?,20-,21+/m1/s1. The maximum atomic E-state index is 9.82. The van der Waals surface area contributed by atoms with E-state index >= 15 is 0 Å².